The van der Waals surface area contributed by atoms with E-state index < -0.39 is 0 Å². The fraction of sp³-hybridized carbons (Fsp3) is 0.286. The van der Waals surface area contributed by atoms with E-state index in [-0.39, 0.29) is 0 Å². The first kappa shape index (κ1) is 12.8. The molecule has 0 amide bonds. The second-order valence-corrected chi connectivity index (χ2v) is 6.02. The van der Waals surface area contributed by atoms with Gasteiger partial charge in [0.1, 0.15) is 0 Å². The fourth-order valence-electron chi connectivity index (χ4n) is 1.88. The fourth-order valence-corrected chi connectivity index (χ4v) is 3.34. The van der Waals surface area contributed by atoms with Crippen LogP contribution in [0.25, 0.3) is 0 Å². The number of halogens is 1. The van der Waals surface area contributed by atoms with Crippen molar-refractivity contribution in [1.82, 2.24) is 5.32 Å². The molecule has 0 bridgehead atoms. The van der Waals surface area contributed by atoms with E-state index >= 15 is 0 Å². The van der Waals surface area contributed by atoms with Crippen LogP contribution < -0.4 is 5.32 Å². The van der Waals surface area contributed by atoms with Gasteiger partial charge < -0.3 is 5.32 Å². The van der Waals surface area contributed by atoms with Gasteiger partial charge >= 0.3 is 0 Å². The zero-order valence-electron chi connectivity index (χ0n) is 10.1. The Morgan fingerprint density at radius 2 is 1.82 bits per heavy atom. The average Bonchev–Trinajstić information content (AvgIpc) is 2.69. The van der Waals surface area contributed by atoms with Gasteiger partial charge in [0.25, 0.3) is 0 Å². The molecule has 1 heterocycles. The molecule has 0 saturated heterocycles. The van der Waals surface area contributed by atoms with Gasteiger partial charge in [0.15, 0.2) is 0 Å². The van der Waals surface area contributed by atoms with Gasteiger partial charge in [-0.3, -0.25) is 0 Å². The molecule has 0 atom stereocenters. The molecule has 17 heavy (non-hydrogen) atoms. The van der Waals surface area contributed by atoms with E-state index in [1.165, 1.54) is 26.0 Å². The number of benzene rings is 1. The number of aryl methyl sites for hydroxylation is 2. The van der Waals surface area contributed by atoms with Crippen molar-refractivity contribution in [3.63, 3.8) is 0 Å². The lowest BCUT2D eigenvalue weighted by Gasteiger charge is -2.10. The minimum atomic E-state index is 0.923. The number of nitrogens with one attached hydrogen (secondary N) is 1. The predicted octanol–water partition coefficient (Wildman–Crippen LogP) is 4.42. The highest BCUT2D eigenvalue weighted by Crippen LogP contribution is 2.22. The van der Waals surface area contributed by atoms with Gasteiger partial charge in [-0.2, -0.15) is 0 Å². The van der Waals surface area contributed by atoms with Gasteiger partial charge in [-0.05, 0) is 57.9 Å². The Morgan fingerprint density at radius 1 is 1.12 bits per heavy atom. The number of thiophene rings is 1. The quantitative estimate of drug-likeness (QED) is 0.881. The van der Waals surface area contributed by atoms with Gasteiger partial charge in [-0.15, -0.1) is 11.3 Å². The van der Waals surface area contributed by atoms with E-state index in [2.05, 4.69) is 64.7 Å². The van der Waals surface area contributed by atoms with E-state index in [4.69, 9.17) is 0 Å². The van der Waals surface area contributed by atoms with E-state index in [1.807, 2.05) is 0 Å². The number of hydrogen-bond donors (Lipinski definition) is 1. The molecule has 1 N–H and O–H groups in total. The summed E-state index contributed by atoms with van der Waals surface area (Å²) in [6.07, 6.45) is 0. The lowest BCUT2D eigenvalue weighted by atomic mass is 10.0. The van der Waals surface area contributed by atoms with Crippen molar-refractivity contribution in [2.75, 3.05) is 0 Å². The maximum Gasteiger partial charge on any atom is 0.0327 e. The SMILES string of the molecule is Cc1cccc(C)c1CNCc1sccc1Br. The van der Waals surface area contributed by atoms with Crippen molar-refractivity contribution < 1.29 is 0 Å². The molecule has 1 aromatic heterocycles. The Labute approximate surface area is 115 Å². The second kappa shape index (κ2) is 5.80. The van der Waals surface area contributed by atoms with Crippen LogP contribution in [-0.4, -0.2) is 0 Å². The van der Waals surface area contributed by atoms with Crippen LogP contribution in [0.3, 0.4) is 0 Å². The van der Waals surface area contributed by atoms with E-state index in [0.29, 0.717) is 0 Å². The highest BCUT2D eigenvalue weighted by Gasteiger charge is 2.03. The molecule has 2 aromatic rings. The first-order valence-corrected chi connectivity index (χ1v) is 7.33. The van der Waals surface area contributed by atoms with Crippen molar-refractivity contribution in [3.8, 4) is 0 Å². The van der Waals surface area contributed by atoms with E-state index in [0.717, 1.165) is 13.1 Å². The summed E-state index contributed by atoms with van der Waals surface area (Å²) in [7, 11) is 0. The summed E-state index contributed by atoms with van der Waals surface area (Å²) in [5.74, 6) is 0. The Bertz CT molecular complexity index is 484. The van der Waals surface area contributed by atoms with Crippen LogP contribution in [0.4, 0.5) is 0 Å². The molecule has 90 valence electrons. The number of rotatable bonds is 4. The third-order valence-corrected chi connectivity index (χ3v) is 4.85. The monoisotopic (exact) mass is 309 g/mol. The zero-order chi connectivity index (χ0) is 12.3. The van der Waals surface area contributed by atoms with Crippen molar-refractivity contribution in [2.45, 2.75) is 26.9 Å². The lowest BCUT2D eigenvalue weighted by molar-refractivity contribution is 0.693. The Kier molecular flexibility index (Phi) is 4.37. The lowest BCUT2D eigenvalue weighted by Crippen LogP contribution is -2.13. The first-order valence-electron chi connectivity index (χ1n) is 5.66. The molecular weight excluding hydrogens is 294 g/mol. The smallest absolute Gasteiger partial charge is 0.0327 e. The van der Waals surface area contributed by atoms with Crippen molar-refractivity contribution in [1.29, 1.82) is 0 Å². The summed E-state index contributed by atoms with van der Waals surface area (Å²) in [4.78, 5) is 1.36. The van der Waals surface area contributed by atoms with Crippen LogP contribution in [0.5, 0.6) is 0 Å². The van der Waals surface area contributed by atoms with Crippen LogP contribution in [0.1, 0.15) is 21.6 Å². The van der Waals surface area contributed by atoms with Gasteiger partial charge in [0.2, 0.25) is 0 Å². The van der Waals surface area contributed by atoms with Gasteiger partial charge in [0, 0.05) is 22.4 Å². The third-order valence-electron chi connectivity index (χ3n) is 2.92. The highest BCUT2D eigenvalue weighted by molar-refractivity contribution is 9.10. The highest BCUT2D eigenvalue weighted by atomic mass is 79.9. The van der Waals surface area contributed by atoms with Crippen molar-refractivity contribution in [2.24, 2.45) is 0 Å². The normalized spacial score (nSPS) is 10.8. The maximum absolute atomic E-state index is 3.55. The largest absolute Gasteiger partial charge is 0.308 e. The van der Waals surface area contributed by atoms with Gasteiger partial charge in [-0.25, -0.2) is 0 Å². The van der Waals surface area contributed by atoms with E-state index in [9.17, 15) is 0 Å². The van der Waals surface area contributed by atoms with Crippen LogP contribution in [0.15, 0.2) is 34.1 Å². The summed E-state index contributed by atoms with van der Waals surface area (Å²) in [5.41, 5.74) is 4.14. The molecule has 1 nitrogen and oxygen atoms in total. The predicted molar refractivity (Wildman–Crippen MR) is 78.5 cm³/mol. The molecule has 0 aliphatic heterocycles. The minimum Gasteiger partial charge on any atom is -0.308 e. The average molecular weight is 310 g/mol. The summed E-state index contributed by atoms with van der Waals surface area (Å²) < 4.78 is 1.21. The Balaban J connectivity index is 1.97. The van der Waals surface area contributed by atoms with Gasteiger partial charge in [-0.1, -0.05) is 18.2 Å². The topological polar surface area (TPSA) is 12.0 Å². The molecule has 0 aliphatic carbocycles. The molecule has 3 heteroatoms. The first-order chi connectivity index (χ1) is 8.18. The molecule has 0 unspecified atom stereocenters. The zero-order valence-corrected chi connectivity index (χ0v) is 12.5. The molecule has 0 radical (unpaired) electrons. The maximum atomic E-state index is 3.55. The summed E-state index contributed by atoms with van der Waals surface area (Å²) >= 11 is 5.34. The summed E-state index contributed by atoms with van der Waals surface area (Å²) in [6, 6.07) is 8.56. The minimum absolute atomic E-state index is 0.923. The molecule has 0 aliphatic rings. The third kappa shape index (κ3) is 3.18. The van der Waals surface area contributed by atoms with E-state index in [1.54, 1.807) is 11.3 Å². The molecule has 0 spiro atoms. The second-order valence-electron chi connectivity index (χ2n) is 4.17. The van der Waals surface area contributed by atoms with Crippen LogP contribution in [0.2, 0.25) is 0 Å². The molecule has 1 aromatic carbocycles. The van der Waals surface area contributed by atoms with Crippen LogP contribution in [-0.2, 0) is 13.1 Å². The summed E-state index contributed by atoms with van der Waals surface area (Å²) in [5, 5.41) is 5.62. The standard InChI is InChI=1S/C14H16BrNS/c1-10-4-3-5-11(2)12(10)8-16-9-14-13(15)6-7-17-14/h3-7,16H,8-9H2,1-2H3. The summed E-state index contributed by atoms with van der Waals surface area (Å²) in [6.45, 7) is 6.20. The number of hydrogen-bond acceptors (Lipinski definition) is 2. The Hall–Kier alpha value is -0.640. The molecule has 0 saturated carbocycles. The van der Waals surface area contributed by atoms with Crippen LogP contribution >= 0.6 is 27.3 Å². The van der Waals surface area contributed by atoms with Crippen molar-refractivity contribution in [3.05, 3.63) is 55.7 Å². The van der Waals surface area contributed by atoms with Crippen LogP contribution in [0, 0.1) is 13.8 Å². The molecule has 0 fully saturated rings. The Morgan fingerprint density at radius 3 is 2.41 bits per heavy atom. The molecule has 2 rings (SSSR count). The van der Waals surface area contributed by atoms with Gasteiger partial charge in [0.05, 0.1) is 0 Å². The molecular formula is C14H16BrNS. The van der Waals surface area contributed by atoms with Crippen molar-refractivity contribution >= 4 is 27.3 Å².